The van der Waals surface area contributed by atoms with Crippen molar-refractivity contribution in [3.8, 4) is 5.69 Å². The lowest BCUT2D eigenvalue weighted by Gasteiger charge is -2.16. The molecule has 1 amide bonds. The lowest BCUT2D eigenvalue weighted by atomic mass is 10.0. The van der Waals surface area contributed by atoms with Crippen molar-refractivity contribution in [3.63, 3.8) is 0 Å². The Morgan fingerprint density at radius 3 is 2.57 bits per heavy atom. The molecule has 3 aromatic rings. The molecule has 7 nitrogen and oxygen atoms in total. The summed E-state index contributed by atoms with van der Waals surface area (Å²) < 4.78 is 3.90. The smallest absolute Gasteiger partial charge is 0.227 e. The van der Waals surface area contributed by atoms with Gasteiger partial charge in [0.1, 0.15) is 5.82 Å². The van der Waals surface area contributed by atoms with Gasteiger partial charge in [-0.2, -0.15) is 5.10 Å². The van der Waals surface area contributed by atoms with Crippen molar-refractivity contribution in [1.82, 2.24) is 24.2 Å². The number of nitrogens with two attached hydrogens (primary N) is 1. The Morgan fingerprint density at radius 1 is 1.21 bits per heavy atom. The molecule has 1 aliphatic heterocycles. The monoisotopic (exact) mass is 378 g/mol. The van der Waals surface area contributed by atoms with Crippen LogP contribution in [-0.4, -0.2) is 49.3 Å². The summed E-state index contributed by atoms with van der Waals surface area (Å²) in [5, 5.41) is 4.50. The maximum Gasteiger partial charge on any atom is 0.227 e. The first-order valence-corrected chi connectivity index (χ1v) is 9.55. The van der Waals surface area contributed by atoms with Crippen LogP contribution in [-0.2, 0) is 18.3 Å². The number of rotatable bonds is 4. The minimum absolute atomic E-state index is 0.0809. The van der Waals surface area contributed by atoms with Crippen LogP contribution in [0, 0.1) is 13.8 Å². The van der Waals surface area contributed by atoms with Gasteiger partial charge in [0, 0.05) is 44.3 Å². The molecule has 2 aromatic heterocycles. The van der Waals surface area contributed by atoms with Crippen LogP contribution in [0.4, 0.5) is 0 Å². The minimum Gasteiger partial charge on any atom is -0.340 e. The van der Waals surface area contributed by atoms with E-state index in [9.17, 15) is 4.79 Å². The molecule has 146 valence electrons. The van der Waals surface area contributed by atoms with E-state index in [1.165, 1.54) is 0 Å². The fraction of sp³-hybridized carbons (Fsp3) is 0.381. The zero-order valence-electron chi connectivity index (χ0n) is 16.5. The molecule has 0 aliphatic carbocycles. The highest BCUT2D eigenvalue weighted by Crippen LogP contribution is 2.25. The van der Waals surface area contributed by atoms with Gasteiger partial charge in [-0.05, 0) is 37.6 Å². The number of likely N-dealkylation sites (tertiary alicyclic amines) is 1. The number of hydrogen-bond acceptors (Lipinski definition) is 4. The Kier molecular flexibility index (Phi) is 4.77. The molecule has 3 heterocycles. The van der Waals surface area contributed by atoms with Crippen LogP contribution in [0.25, 0.3) is 5.69 Å². The highest BCUT2D eigenvalue weighted by molar-refractivity contribution is 5.79. The van der Waals surface area contributed by atoms with Gasteiger partial charge in [-0.15, -0.1) is 0 Å². The number of amides is 1. The summed E-state index contributed by atoms with van der Waals surface area (Å²) in [6.45, 7) is 5.20. The first kappa shape index (κ1) is 18.4. The van der Waals surface area contributed by atoms with E-state index >= 15 is 0 Å². The van der Waals surface area contributed by atoms with E-state index in [-0.39, 0.29) is 17.9 Å². The van der Waals surface area contributed by atoms with Crippen molar-refractivity contribution in [3.05, 3.63) is 65.5 Å². The van der Waals surface area contributed by atoms with Crippen LogP contribution in [0.15, 0.2) is 42.7 Å². The van der Waals surface area contributed by atoms with E-state index in [1.54, 1.807) is 6.20 Å². The van der Waals surface area contributed by atoms with Gasteiger partial charge in [-0.25, -0.2) is 9.67 Å². The lowest BCUT2D eigenvalue weighted by Crippen LogP contribution is -2.33. The van der Waals surface area contributed by atoms with Crippen molar-refractivity contribution in [2.45, 2.75) is 32.2 Å². The third kappa shape index (κ3) is 3.45. The SMILES string of the molecule is Cc1cc(C)n(-c2ccc(CC(=O)N3C[C@@H](N)[C@H](c4nccn4C)C3)cc2)n1. The molecule has 7 heteroatoms. The zero-order chi connectivity index (χ0) is 19.8. The van der Waals surface area contributed by atoms with E-state index in [0.717, 1.165) is 28.5 Å². The van der Waals surface area contributed by atoms with E-state index in [2.05, 4.69) is 10.1 Å². The molecular formula is C21H26N6O. The number of aromatic nitrogens is 4. The quantitative estimate of drug-likeness (QED) is 0.749. The van der Waals surface area contributed by atoms with Gasteiger partial charge in [0.2, 0.25) is 5.91 Å². The molecule has 2 N–H and O–H groups in total. The number of imidazole rings is 1. The summed E-state index contributed by atoms with van der Waals surface area (Å²) in [7, 11) is 1.96. The predicted molar refractivity (Wildman–Crippen MR) is 107 cm³/mol. The number of nitrogens with zero attached hydrogens (tertiary/aromatic N) is 5. The van der Waals surface area contributed by atoms with Gasteiger partial charge < -0.3 is 15.2 Å². The van der Waals surface area contributed by atoms with Crippen molar-refractivity contribution < 1.29 is 4.79 Å². The Morgan fingerprint density at radius 2 is 1.96 bits per heavy atom. The predicted octanol–water partition coefficient (Wildman–Crippen LogP) is 1.72. The summed E-state index contributed by atoms with van der Waals surface area (Å²) in [6, 6.07) is 9.97. The first-order valence-electron chi connectivity index (χ1n) is 9.55. The molecule has 28 heavy (non-hydrogen) atoms. The topological polar surface area (TPSA) is 82.0 Å². The van der Waals surface area contributed by atoms with E-state index in [1.807, 2.05) is 71.6 Å². The molecule has 0 saturated carbocycles. The highest BCUT2D eigenvalue weighted by Gasteiger charge is 2.35. The number of benzene rings is 1. The maximum absolute atomic E-state index is 12.8. The van der Waals surface area contributed by atoms with E-state index in [4.69, 9.17) is 5.73 Å². The van der Waals surface area contributed by atoms with Crippen molar-refractivity contribution in [2.24, 2.45) is 12.8 Å². The van der Waals surface area contributed by atoms with Gasteiger partial charge in [-0.1, -0.05) is 12.1 Å². The summed E-state index contributed by atoms with van der Waals surface area (Å²) in [5.41, 5.74) is 10.4. The van der Waals surface area contributed by atoms with Crippen molar-refractivity contribution >= 4 is 5.91 Å². The van der Waals surface area contributed by atoms with Gasteiger partial charge in [0.25, 0.3) is 0 Å². The van der Waals surface area contributed by atoms with Crippen LogP contribution >= 0.6 is 0 Å². The average Bonchev–Trinajstić information content (AvgIpc) is 3.34. The molecule has 1 aromatic carbocycles. The fourth-order valence-electron chi connectivity index (χ4n) is 3.97. The lowest BCUT2D eigenvalue weighted by molar-refractivity contribution is -0.129. The van der Waals surface area contributed by atoms with Gasteiger partial charge in [-0.3, -0.25) is 4.79 Å². The Balaban J connectivity index is 1.43. The highest BCUT2D eigenvalue weighted by atomic mass is 16.2. The molecule has 1 aliphatic rings. The number of carbonyl (C=O) groups excluding carboxylic acids is 1. The van der Waals surface area contributed by atoms with E-state index < -0.39 is 0 Å². The van der Waals surface area contributed by atoms with Gasteiger partial charge in [0.15, 0.2) is 0 Å². The van der Waals surface area contributed by atoms with Crippen LogP contribution in [0.3, 0.4) is 0 Å². The second-order valence-corrected chi connectivity index (χ2v) is 7.65. The number of carbonyl (C=O) groups is 1. The van der Waals surface area contributed by atoms with Gasteiger partial charge in [0.05, 0.1) is 23.7 Å². The number of aryl methyl sites for hydroxylation is 3. The molecule has 4 rings (SSSR count). The van der Waals surface area contributed by atoms with E-state index in [0.29, 0.717) is 19.5 Å². The Labute approximate surface area is 164 Å². The van der Waals surface area contributed by atoms with Crippen LogP contribution < -0.4 is 5.73 Å². The summed E-state index contributed by atoms with van der Waals surface area (Å²) in [4.78, 5) is 19.1. The molecule has 1 saturated heterocycles. The minimum atomic E-state index is -0.0848. The van der Waals surface area contributed by atoms with Crippen LogP contribution in [0.2, 0.25) is 0 Å². The first-order chi connectivity index (χ1) is 13.4. The molecule has 1 fully saturated rings. The standard InChI is InChI=1S/C21H26N6O/c1-14-10-15(2)27(24-14)17-6-4-16(5-7-17)11-20(28)26-12-18(19(22)13-26)21-23-8-9-25(21)3/h4-10,18-19H,11-13,22H2,1-3H3/t18-,19-/m1/s1. The van der Waals surface area contributed by atoms with Crippen LogP contribution in [0.5, 0.6) is 0 Å². The van der Waals surface area contributed by atoms with Crippen LogP contribution in [0.1, 0.15) is 28.7 Å². The summed E-state index contributed by atoms with van der Waals surface area (Å²) >= 11 is 0. The summed E-state index contributed by atoms with van der Waals surface area (Å²) in [6.07, 6.45) is 4.06. The normalized spacial score (nSPS) is 19.4. The van der Waals surface area contributed by atoms with Gasteiger partial charge >= 0.3 is 0 Å². The van der Waals surface area contributed by atoms with Crippen molar-refractivity contribution in [1.29, 1.82) is 0 Å². The molecule has 0 bridgehead atoms. The average molecular weight is 378 g/mol. The second-order valence-electron chi connectivity index (χ2n) is 7.65. The van der Waals surface area contributed by atoms with Crippen molar-refractivity contribution in [2.75, 3.05) is 13.1 Å². The zero-order valence-corrected chi connectivity index (χ0v) is 16.5. The molecule has 2 atom stereocenters. The summed E-state index contributed by atoms with van der Waals surface area (Å²) in [5.74, 6) is 1.13. The maximum atomic E-state index is 12.8. The number of hydrogen-bond donors (Lipinski definition) is 1. The molecular weight excluding hydrogens is 352 g/mol. The molecule has 0 unspecified atom stereocenters. The third-order valence-corrected chi connectivity index (χ3v) is 5.45. The fourth-order valence-corrected chi connectivity index (χ4v) is 3.97. The second kappa shape index (κ2) is 7.24. The molecule has 0 spiro atoms. The third-order valence-electron chi connectivity index (χ3n) is 5.45. The largest absolute Gasteiger partial charge is 0.340 e. The molecule has 0 radical (unpaired) electrons. The Hall–Kier alpha value is -2.93. The Bertz CT molecular complexity index is 987.